The third-order valence-electron chi connectivity index (χ3n) is 3.67. The number of nitrogens with two attached hydrogens (primary N) is 1. The predicted molar refractivity (Wildman–Crippen MR) is 97.0 cm³/mol. The fourth-order valence-corrected chi connectivity index (χ4v) is 3.24. The van der Waals surface area contributed by atoms with Crippen molar-refractivity contribution in [3.8, 4) is 5.75 Å². The molecule has 0 saturated heterocycles. The third kappa shape index (κ3) is 3.62. The lowest BCUT2D eigenvalue weighted by atomic mass is 10.0. The first-order chi connectivity index (χ1) is 12.5. The van der Waals surface area contributed by atoms with E-state index in [1.807, 2.05) is 17.5 Å². The van der Waals surface area contributed by atoms with Gasteiger partial charge in [0.25, 0.3) is 11.6 Å². The zero-order valence-electron chi connectivity index (χ0n) is 13.3. The molecule has 0 spiro atoms. The molecule has 3 rings (SSSR count). The summed E-state index contributed by atoms with van der Waals surface area (Å²) in [6.45, 7) is 0. The number of benzene rings is 1. The van der Waals surface area contributed by atoms with E-state index in [0.29, 0.717) is 5.56 Å². The molecule has 0 aliphatic carbocycles. The van der Waals surface area contributed by atoms with E-state index >= 15 is 0 Å². The van der Waals surface area contributed by atoms with Crippen LogP contribution in [-0.4, -0.2) is 20.9 Å². The summed E-state index contributed by atoms with van der Waals surface area (Å²) in [6.07, 6.45) is 0.998. The molecule has 132 valence electrons. The number of aromatic hydroxyl groups is 1. The van der Waals surface area contributed by atoms with Crippen LogP contribution < -0.4 is 11.1 Å². The van der Waals surface area contributed by atoms with Crippen LogP contribution in [0.3, 0.4) is 0 Å². The molecule has 0 aliphatic rings. The van der Waals surface area contributed by atoms with Gasteiger partial charge in [0.05, 0.1) is 16.5 Å². The lowest BCUT2D eigenvalue weighted by molar-refractivity contribution is -0.385. The summed E-state index contributed by atoms with van der Waals surface area (Å²) in [5, 5.41) is 25.3. The fourth-order valence-electron chi connectivity index (χ4n) is 2.43. The number of nitrogens with zero attached hydrogens (tertiary/aromatic N) is 2. The molecule has 4 N–H and O–H groups in total. The fraction of sp³-hybridized carbons (Fsp3) is 0.0588. The minimum absolute atomic E-state index is 0.0647. The van der Waals surface area contributed by atoms with Gasteiger partial charge in [-0.25, -0.2) is 4.98 Å². The summed E-state index contributed by atoms with van der Waals surface area (Å²) in [6, 6.07) is 10.7. The van der Waals surface area contributed by atoms with Crippen LogP contribution in [0.4, 0.5) is 11.5 Å². The molecule has 1 aromatic carbocycles. The summed E-state index contributed by atoms with van der Waals surface area (Å²) in [5.41, 5.74) is 5.97. The molecule has 0 aliphatic heterocycles. The molecular weight excluding hydrogens is 356 g/mol. The van der Waals surface area contributed by atoms with Gasteiger partial charge in [-0.05, 0) is 29.1 Å². The van der Waals surface area contributed by atoms with Crippen molar-refractivity contribution in [2.75, 3.05) is 5.73 Å². The van der Waals surface area contributed by atoms with Crippen molar-refractivity contribution in [1.82, 2.24) is 10.3 Å². The smallest absolute Gasteiger partial charge is 0.288 e. The number of pyridine rings is 1. The number of rotatable bonds is 5. The van der Waals surface area contributed by atoms with Crippen LogP contribution in [0.15, 0.2) is 54.0 Å². The first kappa shape index (κ1) is 17.4. The largest absolute Gasteiger partial charge is 0.508 e. The molecule has 26 heavy (non-hydrogen) atoms. The van der Waals surface area contributed by atoms with Crippen molar-refractivity contribution in [1.29, 1.82) is 0 Å². The number of thiophene rings is 1. The number of nitrogen functional groups attached to an aromatic ring is 1. The van der Waals surface area contributed by atoms with E-state index in [1.54, 1.807) is 18.2 Å². The number of amides is 1. The van der Waals surface area contributed by atoms with Crippen LogP contribution in [0.2, 0.25) is 0 Å². The van der Waals surface area contributed by atoms with E-state index in [-0.39, 0.29) is 22.8 Å². The molecule has 8 nitrogen and oxygen atoms in total. The van der Waals surface area contributed by atoms with Gasteiger partial charge in [-0.3, -0.25) is 14.9 Å². The molecule has 2 aromatic heterocycles. The Morgan fingerprint density at radius 2 is 2.12 bits per heavy atom. The Bertz CT molecular complexity index is 959. The highest BCUT2D eigenvalue weighted by molar-refractivity contribution is 7.10. The Morgan fingerprint density at radius 3 is 2.77 bits per heavy atom. The summed E-state index contributed by atoms with van der Waals surface area (Å²) >= 11 is 1.43. The number of nitro groups is 1. The number of anilines is 1. The molecule has 2 heterocycles. The second kappa shape index (κ2) is 7.19. The summed E-state index contributed by atoms with van der Waals surface area (Å²) in [5.74, 6) is -0.635. The normalized spacial score (nSPS) is 11.7. The third-order valence-corrected chi connectivity index (χ3v) is 4.60. The minimum Gasteiger partial charge on any atom is -0.508 e. The number of nitrogens with one attached hydrogen (secondary N) is 1. The minimum atomic E-state index is -0.644. The second-order valence-electron chi connectivity index (χ2n) is 5.40. The van der Waals surface area contributed by atoms with E-state index < -0.39 is 16.9 Å². The zero-order chi connectivity index (χ0) is 18.7. The van der Waals surface area contributed by atoms with Crippen molar-refractivity contribution in [2.45, 2.75) is 6.04 Å². The predicted octanol–water partition coefficient (Wildman–Crippen LogP) is 2.86. The number of carbonyl (C=O) groups excluding carboxylic acids is 1. The van der Waals surface area contributed by atoms with Gasteiger partial charge in [-0.15, -0.1) is 11.3 Å². The van der Waals surface area contributed by atoms with Gasteiger partial charge in [-0.1, -0.05) is 18.2 Å². The Balaban J connectivity index is 1.96. The molecule has 1 amide bonds. The van der Waals surface area contributed by atoms with Gasteiger partial charge in [0.15, 0.2) is 0 Å². The van der Waals surface area contributed by atoms with E-state index in [4.69, 9.17) is 5.73 Å². The van der Waals surface area contributed by atoms with E-state index in [2.05, 4.69) is 10.3 Å². The number of carbonyl (C=O) groups is 1. The molecule has 0 fully saturated rings. The van der Waals surface area contributed by atoms with Crippen LogP contribution in [0.1, 0.15) is 26.8 Å². The van der Waals surface area contributed by atoms with Crippen LogP contribution >= 0.6 is 11.3 Å². The van der Waals surface area contributed by atoms with Gasteiger partial charge in [0.2, 0.25) is 0 Å². The summed E-state index contributed by atoms with van der Waals surface area (Å²) in [7, 11) is 0. The van der Waals surface area contributed by atoms with E-state index in [0.717, 1.165) is 17.1 Å². The highest BCUT2D eigenvalue weighted by Gasteiger charge is 2.22. The highest BCUT2D eigenvalue weighted by Crippen LogP contribution is 2.29. The first-order valence-electron chi connectivity index (χ1n) is 7.49. The Hall–Kier alpha value is -3.46. The summed E-state index contributed by atoms with van der Waals surface area (Å²) < 4.78 is 0. The van der Waals surface area contributed by atoms with Crippen LogP contribution in [-0.2, 0) is 0 Å². The zero-order valence-corrected chi connectivity index (χ0v) is 14.1. The maximum Gasteiger partial charge on any atom is 0.288 e. The van der Waals surface area contributed by atoms with Crippen LogP contribution in [0.5, 0.6) is 5.75 Å². The van der Waals surface area contributed by atoms with Gasteiger partial charge in [-0.2, -0.15) is 0 Å². The van der Waals surface area contributed by atoms with Gasteiger partial charge < -0.3 is 16.2 Å². The second-order valence-corrected chi connectivity index (χ2v) is 6.38. The summed E-state index contributed by atoms with van der Waals surface area (Å²) in [4.78, 5) is 27.5. The number of aromatic nitrogens is 1. The molecule has 1 atom stereocenters. The maximum atomic E-state index is 12.7. The number of phenols is 1. The highest BCUT2D eigenvalue weighted by atomic mass is 32.1. The van der Waals surface area contributed by atoms with Crippen molar-refractivity contribution in [3.63, 3.8) is 0 Å². The molecule has 3 aromatic rings. The molecule has 0 saturated carbocycles. The average Bonchev–Trinajstić information content (AvgIpc) is 3.14. The average molecular weight is 370 g/mol. The number of hydrogen-bond donors (Lipinski definition) is 3. The van der Waals surface area contributed by atoms with E-state index in [1.165, 1.54) is 17.4 Å². The van der Waals surface area contributed by atoms with Crippen LogP contribution in [0.25, 0.3) is 0 Å². The first-order valence-corrected chi connectivity index (χ1v) is 8.37. The monoisotopic (exact) mass is 370 g/mol. The van der Waals surface area contributed by atoms with Crippen molar-refractivity contribution in [2.24, 2.45) is 0 Å². The van der Waals surface area contributed by atoms with Crippen molar-refractivity contribution < 1.29 is 14.8 Å². The number of phenolic OH excluding ortho intramolecular Hbond substituents is 1. The molecular formula is C17H14N4O4S. The van der Waals surface area contributed by atoms with Crippen molar-refractivity contribution in [3.05, 3.63) is 80.2 Å². The lowest BCUT2D eigenvalue weighted by Gasteiger charge is -2.18. The van der Waals surface area contributed by atoms with E-state index in [9.17, 15) is 20.0 Å². The molecule has 0 radical (unpaired) electrons. The quantitative estimate of drug-likeness (QED) is 0.467. The Kier molecular flexibility index (Phi) is 4.81. The van der Waals surface area contributed by atoms with Crippen molar-refractivity contribution >= 4 is 28.7 Å². The van der Waals surface area contributed by atoms with Gasteiger partial charge >= 0.3 is 0 Å². The molecule has 0 bridgehead atoms. The Labute approximate surface area is 152 Å². The lowest BCUT2D eigenvalue weighted by Crippen LogP contribution is -2.29. The SMILES string of the molecule is Nc1ncc([N+](=O)[O-])cc1C(=O)NC(c1cccc(O)c1)c1cccs1. The number of hydrogen-bond acceptors (Lipinski definition) is 7. The van der Waals surface area contributed by atoms with Gasteiger partial charge in [0.1, 0.15) is 17.8 Å². The Morgan fingerprint density at radius 1 is 1.31 bits per heavy atom. The molecule has 9 heteroatoms. The van der Waals surface area contributed by atoms with Gasteiger partial charge in [0, 0.05) is 10.9 Å². The topological polar surface area (TPSA) is 131 Å². The maximum absolute atomic E-state index is 12.7. The standard InChI is InChI=1S/C17H14N4O4S/c18-16-13(8-11(9-19-16)21(24)25)17(23)20-15(14-5-2-6-26-14)10-3-1-4-12(22)7-10/h1-9,15,22H,(H2,18,19)(H,20,23). The van der Waals surface area contributed by atoms with Crippen LogP contribution in [0, 0.1) is 10.1 Å². The molecule has 1 unspecified atom stereocenters.